The summed E-state index contributed by atoms with van der Waals surface area (Å²) in [4.78, 5) is 62.2. The van der Waals surface area contributed by atoms with E-state index in [0.717, 1.165) is 13.8 Å². The summed E-state index contributed by atoms with van der Waals surface area (Å²) in [7, 11) is -2.71. The van der Waals surface area contributed by atoms with E-state index < -0.39 is 91.5 Å². The van der Waals surface area contributed by atoms with Crippen LogP contribution in [0.2, 0.25) is 0 Å². The van der Waals surface area contributed by atoms with Crippen LogP contribution in [0.3, 0.4) is 0 Å². The maximum absolute atomic E-state index is 14.8. The van der Waals surface area contributed by atoms with Crippen LogP contribution in [0.25, 0.3) is 10.8 Å². The lowest BCUT2D eigenvalue weighted by atomic mass is 9.88. The highest BCUT2D eigenvalue weighted by Gasteiger charge is 2.63. The maximum Gasteiger partial charge on any atom is 0.408 e. The number of halogens is 3. The molecule has 0 unspecified atom stereocenters. The average Bonchev–Trinajstić information content (AvgIpc) is 4.06. The minimum atomic E-state index is -4.09. The zero-order chi connectivity index (χ0) is 43.3. The quantitative estimate of drug-likeness (QED) is 0.257. The number of nitrogens with one attached hydrogen (secondary N) is 3. The van der Waals surface area contributed by atoms with Crippen molar-refractivity contribution in [2.45, 2.75) is 133 Å². The molecule has 1 aromatic heterocycles. The minimum absolute atomic E-state index is 0.00877. The average molecular weight is 850 g/mol. The number of sulfonamides is 1. The van der Waals surface area contributed by atoms with Crippen molar-refractivity contribution >= 4 is 44.6 Å². The monoisotopic (exact) mass is 849 g/mol. The summed E-state index contributed by atoms with van der Waals surface area (Å²) in [6, 6.07) is 1.32. The Kier molecular flexibility index (Phi) is 12.0. The molecule has 2 aromatic rings. The molecule has 3 heterocycles. The zero-order valence-corrected chi connectivity index (χ0v) is 35.2. The fourth-order valence-corrected chi connectivity index (χ4v) is 9.84. The van der Waals surface area contributed by atoms with Gasteiger partial charge in [-0.1, -0.05) is 32.9 Å². The highest BCUT2D eigenvalue weighted by Crippen LogP contribution is 2.49. The molecule has 4 amide bonds. The Morgan fingerprint density at radius 3 is 2.46 bits per heavy atom. The van der Waals surface area contributed by atoms with E-state index in [9.17, 15) is 40.8 Å². The van der Waals surface area contributed by atoms with Crippen molar-refractivity contribution in [2.75, 3.05) is 13.7 Å². The van der Waals surface area contributed by atoms with E-state index in [1.165, 1.54) is 30.3 Å². The third-order valence-electron chi connectivity index (χ3n) is 12.6. The molecule has 324 valence electrons. The number of hydrogen-bond acceptors (Lipinski definition) is 10. The summed E-state index contributed by atoms with van der Waals surface area (Å²) in [6.07, 6.45) is 5.55. The van der Waals surface area contributed by atoms with Gasteiger partial charge in [0.05, 0.1) is 23.8 Å². The Hall–Kier alpha value is -4.61. The van der Waals surface area contributed by atoms with E-state index in [1.54, 1.807) is 26.0 Å². The first-order valence-electron chi connectivity index (χ1n) is 20.1. The number of alkyl carbamates (subject to hydrolysis) is 1. The Balaban J connectivity index is 1.37. The van der Waals surface area contributed by atoms with E-state index in [0.29, 0.717) is 50.8 Å². The van der Waals surface area contributed by atoms with Gasteiger partial charge in [-0.05, 0) is 82.8 Å². The fourth-order valence-electron chi connectivity index (χ4n) is 8.18. The van der Waals surface area contributed by atoms with Gasteiger partial charge in [-0.25, -0.2) is 31.4 Å². The van der Waals surface area contributed by atoms with Crippen molar-refractivity contribution < 1.29 is 55.0 Å². The number of ether oxygens (including phenoxy) is 3. The molecule has 2 saturated carbocycles. The molecule has 0 radical (unpaired) electrons. The molecule has 2 aliphatic heterocycles. The molecule has 4 aliphatic rings. The van der Waals surface area contributed by atoms with E-state index in [1.807, 2.05) is 13.0 Å². The molecule has 1 saturated heterocycles. The number of nitrogens with zero attached hydrogens (tertiary/aromatic N) is 2. The van der Waals surface area contributed by atoms with Gasteiger partial charge >= 0.3 is 6.09 Å². The number of allylic oxidation sites excluding steroid dienone is 1. The Bertz CT molecular complexity index is 2130. The second kappa shape index (κ2) is 16.1. The van der Waals surface area contributed by atoms with Gasteiger partial charge in [0.2, 0.25) is 27.7 Å². The molecule has 2 aliphatic carbocycles. The highest BCUT2D eigenvalue weighted by atomic mass is 32.2. The van der Waals surface area contributed by atoms with Crippen LogP contribution in [0.4, 0.5) is 18.0 Å². The molecule has 0 spiro atoms. The summed E-state index contributed by atoms with van der Waals surface area (Å²) in [6.45, 7) is 7.88. The zero-order valence-electron chi connectivity index (χ0n) is 34.4. The van der Waals surface area contributed by atoms with Crippen molar-refractivity contribution in [3.63, 3.8) is 0 Å². The molecule has 3 N–H and O–H groups in total. The van der Waals surface area contributed by atoms with E-state index >= 15 is 0 Å². The van der Waals surface area contributed by atoms with Gasteiger partial charge in [-0.15, -0.1) is 0 Å². The molecule has 0 bridgehead atoms. The number of alkyl halides is 2. The van der Waals surface area contributed by atoms with Crippen LogP contribution in [0.1, 0.15) is 92.9 Å². The topological polar surface area (TPSA) is 182 Å². The van der Waals surface area contributed by atoms with Gasteiger partial charge in [0.15, 0.2) is 5.60 Å². The van der Waals surface area contributed by atoms with Gasteiger partial charge in [0, 0.05) is 36.9 Å². The predicted molar refractivity (Wildman–Crippen MR) is 211 cm³/mol. The first-order valence-corrected chi connectivity index (χ1v) is 21.6. The van der Waals surface area contributed by atoms with Crippen LogP contribution in [0, 0.1) is 23.6 Å². The van der Waals surface area contributed by atoms with Gasteiger partial charge in [-0.2, -0.15) is 0 Å². The smallest absolute Gasteiger partial charge is 0.408 e. The van der Waals surface area contributed by atoms with E-state index in [4.69, 9.17) is 14.2 Å². The number of methoxy groups -OCH3 is 1. The Labute approximate surface area is 342 Å². The van der Waals surface area contributed by atoms with E-state index in [2.05, 4.69) is 20.3 Å². The van der Waals surface area contributed by atoms with Gasteiger partial charge in [0.1, 0.15) is 35.3 Å². The summed E-state index contributed by atoms with van der Waals surface area (Å²) in [5, 5.41) is 6.07. The van der Waals surface area contributed by atoms with Crippen molar-refractivity contribution in [2.24, 2.45) is 17.8 Å². The molecule has 3 fully saturated rings. The molecular weight excluding hydrogens is 796 g/mol. The Morgan fingerprint density at radius 1 is 1.10 bits per heavy atom. The van der Waals surface area contributed by atoms with Crippen molar-refractivity contribution in [1.29, 1.82) is 0 Å². The number of carbonyl (C=O) groups is 4. The number of fused-ring (bicyclic) bond motifs is 3. The standard InChI is InChI=1S/C41H54F3N5O9S/c1-8-40(14-15-40)59(54,55)48-36(52)41-21-25(41)12-10-9-11-23(2)17-24(3)32(46-37(53)58-38(4,5)39(6,43)44)35(51)49-22-27(20-30(49)33(50)47-41)57-34-29-18-26(42)19-31(56-7)28(29)13-16-45-34/h10,12-13,16,18-19,23-25,27,30,32H,8-9,11,14-15,17,20-22H2,1-7H3,(H,46,53)(H,47,50)(H,48,52)/b12-10-/t23-,24+,25+,27+,30-,32-,41+/m0/s1. The number of rotatable bonds is 10. The van der Waals surface area contributed by atoms with Crippen LogP contribution in [-0.2, 0) is 29.1 Å². The third kappa shape index (κ3) is 8.83. The number of benzene rings is 1. The lowest BCUT2D eigenvalue weighted by Crippen LogP contribution is -2.60. The SMILES string of the molecule is CCC1(S(=O)(=O)NC(=O)[C@@]23C[C@H]2/C=C\CC[C@H](C)C[C@@H](C)[C@H](NC(=O)OC(C)(C)C(C)(F)F)C(=O)N2C[C@H](Oc4nccc5c(OC)cc(F)cc45)C[C@H]2C(=O)N3)CC1. The summed E-state index contributed by atoms with van der Waals surface area (Å²) in [5.41, 5.74) is -3.90. The molecule has 14 nitrogen and oxygen atoms in total. The minimum Gasteiger partial charge on any atom is -0.496 e. The van der Waals surface area contributed by atoms with Crippen LogP contribution in [-0.4, -0.2) is 95.8 Å². The predicted octanol–water partition coefficient (Wildman–Crippen LogP) is 5.54. The normalized spacial score (nSPS) is 29.2. The molecule has 1 aromatic carbocycles. The van der Waals surface area contributed by atoms with Crippen LogP contribution in [0.15, 0.2) is 36.5 Å². The van der Waals surface area contributed by atoms with Gasteiger partial charge in [0.25, 0.3) is 11.8 Å². The van der Waals surface area contributed by atoms with Gasteiger partial charge < -0.3 is 29.7 Å². The summed E-state index contributed by atoms with van der Waals surface area (Å²) >= 11 is 0. The van der Waals surface area contributed by atoms with Crippen molar-refractivity contribution in [3.8, 4) is 11.6 Å². The molecule has 7 atom stereocenters. The molecular formula is C41H54F3N5O9S. The number of amides is 4. The number of carbonyl (C=O) groups excluding carboxylic acids is 4. The largest absolute Gasteiger partial charge is 0.496 e. The van der Waals surface area contributed by atoms with E-state index in [-0.39, 0.29) is 42.3 Å². The number of aromatic nitrogens is 1. The second-order valence-electron chi connectivity index (χ2n) is 17.3. The first kappa shape index (κ1) is 44.0. The molecule has 18 heteroatoms. The Morgan fingerprint density at radius 2 is 1.81 bits per heavy atom. The summed E-state index contributed by atoms with van der Waals surface area (Å²) in [5.74, 6) is -7.42. The van der Waals surface area contributed by atoms with Crippen molar-refractivity contribution in [1.82, 2.24) is 25.2 Å². The summed E-state index contributed by atoms with van der Waals surface area (Å²) < 4.78 is 88.4. The fraction of sp³-hybridized carbons (Fsp3) is 0.634. The molecule has 6 rings (SSSR count). The van der Waals surface area contributed by atoms with Crippen LogP contribution >= 0.6 is 0 Å². The maximum atomic E-state index is 14.8. The lowest BCUT2D eigenvalue weighted by molar-refractivity contribution is -0.152. The van der Waals surface area contributed by atoms with Gasteiger partial charge in [-0.3, -0.25) is 19.1 Å². The highest BCUT2D eigenvalue weighted by molar-refractivity contribution is 7.91. The van der Waals surface area contributed by atoms with Crippen molar-refractivity contribution in [3.05, 3.63) is 42.4 Å². The lowest BCUT2D eigenvalue weighted by Gasteiger charge is -2.35. The van der Waals surface area contributed by atoms with Crippen LogP contribution in [0.5, 0.6) is 11.6 Å². The number of hydrogen-bond donors (Lipinski definition) is 3. The second-order valence-corrected chi connectivity index (χ2v) is 19.4. The first-order chi connectivity index (χ1) is 27.6. The number of pyridine rings is 1. The molecule has 59 heavy (non-hydrogen) atoms. The third-order valence-corrected chi connectivity index (χ3v) is 14.9. The van der Waals surface area contributed by atoms with Crippen LogP contribution < -0.4 is 24.8 Å².